The van der Waals surface area contributed by atoms with Crippen LogP contribution < -0.4 is 0 Å². The molecule has 0 aliphatic heterocycles. The Kier molecular flexibility index (Phi) is 3.62. The molecular formula is C12H17F3O3S. The monoisotopic (exact) mass is 298 g/mol. The molecule has 0 spiro atoms. The van der Waals surface area contributed by atoms with Crippen molar-refractivity contribution in [2.24, 2.45) is 11.3 Å². The van der Waals surface area contributed by atoms with E-state index in [0.717, 1.165) is 25.7 Å². The number of hydrogen-bond donors (Lipinski definition) is 0. The van der Waals surface area contributed by atoms with Gasteiger partial charge in [-0.2, -0.15) is 21.6 Å². The molecule has 0 radical (unpaired) electrons. The fourth-order valence-electron chi connectivity index (χ4n) is 3.02. The lowest BCUT2D eigenvalue weighted by molar-refractivity contribution is -0.0529. The van der Waals surface area contributed by atoms with E-state index in [1.165, 1.54) is 6.08 Å². The second-order valence-corrected chi connectivity index (χ2v) is 7.20. The summed E-state index contributed by atoms with van der Waals surface area (Å²) in [7, 11) is -5.52. The van der Waals surface area contributed by atoms with Gasteiger partial charge in [0.2, 0.25) is 0 Å². The van der Waals surface area contributed by atoms with Crippen LogP contribution in [0.15, 0.2) is 11.8 Å². The highest BCUT2D eigenvalue weighted by Gasteiger charge is 2.49. The molecule has 2 aliphatic rings. The van der Waals surface area contributed by atoms with Crippen molar-refractivity contribution in [1.82, 2.24) is 0 Å². The van der Waals surface area contributed by atoms with Crippen LogP contribution >= 0.6 is 0 Å². The lowest BCUT2D eigenvalue weighted by Crippen LogP contribution is -2.34. The molecule has 0 unspecified atom stereocenters. The Morgan fingerprint density at radius 2 is 2.05 bits per heavy atom. The zero-order valence-corrected chi connectivity index (χ0v) is 11.5. The van der Waals surface area contributed by atoms with E-state index in [2.05, 4.69) is 11.1 Å². The minimum absolute atomic E-state index is 0.0540. The number of hydrogen-bond acceptors (Lipinski definition) is 3. The largest absolute Gasteiger partial charge is 0.534 e. The van der Waals surface area contributed by atoms with E-state index in [1.54, 1.807) is 0 Å². The molecule has 0 saturated heterocycles. The summed E-state index contributed by atoms with van der Waals surface area (Å²) in [5.74, 6) is 0.159. The van der Waals surface area contributed by atoms with Crippen molar-refractivity contribution < 1.29 is 25.8 Å². The van der Waals surface area contributed by atoms with Gasteiger partial charge in [-0.15, -0.1) is 0 Å². The van der Waals surface area contributed by atoms with Crippen LogP contribution in [-0.2, 0) is 14.3 Å². The minimum Gasteiger partial charge on any atom is -0.381 e. The molecule has 0 heterocycles. The second-order valence-electron chi connectivity index (χ2n) is 5.66. The number of fused-ring (bicyclic) bond motifs is 1. The van der Waals surface area contributed by atoms with Gasteiger partial charge in [-0.1, -0.05) is 19.8 Å². The normalized spacial score (nSPS) is 32.4. The fraction of sp³-hybridized carbons (Fsp3) is 0.833. The summed E-state index contributed by atoms with van der Waals surface area (Å²) in [5, 5.41) is 0. The predicted molar refractivity (Wildman–Crippen MR) is 63.4 cm³/mol. The molecule has 0 N–H and O–H groups in total. The molecule has 0 amide bonds. The van der Waals surface area contributed by atoms with Crippen LogP contribution in [0.4, 0.5) is 13.2 Å². The smallest absolute Gasteiger partial charge is 0.381 e. The number of rotatable bonds is 2. The summed E-state index contributed by atoms with van der Waals surface area (Å²) >= 11 is 0. The third kappa shape index (κ3) is 2.90. The molecule has 7 heteroatoms. The van der Waals surface area contributed by atoms with Gasteiger partial charge in [0.1, 0.15) is 5.76 Å². The second kappa shape index (κ2) is 4.68. The molecule has 1 fully saturated rings. The number of alkyl halides is 3. The Morgan fingerprint density at radius 1 is 1.37 bits per heavy atom. The van der Waals surface area contributed by atoms with Gasteiger partial charge in [-0.3, -0.25) is 0 Å². The van der Waals surface area contributed by atoms with Crippen LogP contribution in [0.25, 0.3) is 0 Å². The van der Waals surface area contributed by atoms with Crippen LogP contribution in [0.1, 0.15) is 45.4 Å². The van der Waals surface area contributed by atoms with Crippen LogP contribution in [0, 0.1) is 11.3 Å². The number of halogens is 3. The Hall–Kier alpha value is -0.720. The van der Waals surface area contributed by atoms with Gasteiger partial charge in [0.15, 0.2) is 0 Å². The predicted octanol–water partition coefficient (Wildman–Crippen LogP) is 3.73. The molecule has 3 nitrogen and oxygen atoms in total. The first-order chi connectivity index (χ1) is 8.64. The Balaban J connectivity index is 2.12. The fourth-order valence-corrected chi connectivity index (χ4v) is 3.53. The average molecular weight is 298 g/mol. The van der Waals surface area contributed by atoms with Crippen LogP contribution in [-0.4, -0.2) is 13.9 Å². The topological polar surface area (TPSA) is 43.4 Å². The first kappa shape index (κ1) is 14.7. The Bertz CT molecular complexity index is 481. The van der Waals surface area contributed by atoms with Crippen LogP contribution in [0.2, 0.25) is 0 Å². The third-order valence-electron chi connectivity index (χ3n) is 4.28. The zero-order valence-electron chi connectivity index (χ0n) is 10.7. The molecule has 2 atom stereocenters. The summed E-state index contributed by atoms with van der Waals surface area (Å²) in [6.45, 7) is 2.11. The van der Waals surface area contributed by atoms with Crippen LogP contribution in [0.5, 0.6) is 0 Å². The Labute approximate surface area is 110 Å². The SMILES string of the molecule is C[C@]12CC=C(OS(=O)(=O)C(F)(F)F)C[C@@H]1CCCC2. The Morgan fingerprint density at radius 3 is 2.68 bits per heavy atom. The quantitative estimate of drug-likeness (QED) is 0.576. The summed E-state index contributed by atoms with van der Waals surface area (Å²) in [6.07, 6.45) is 6.49. The molecule has 0 bridgehead atoms. The lowest BCUT2D eigenvalue weighted by Gasteiger charge is -2.44. The van der Waals surface area contributed by atoms with E-state index >= 15 is 0 Å². The van der Waals surface area contributed by atoms with E-state index in [-0.39, 0.29) is 23.5 Å². The molecule has 0 aromatic heterocycles. The molecule has 19 heavy (non-hydrogen) atoms. The molecule has 0 aromatic carbocycles. The van der Waals surface area contributed by atoms with Crippen LogP contribution in [0.3, 0.4) is 0 Å². The highest BCUT2D eigenvalue weighted by atomic mass is 32.2. The van der Waals surface area contributed by atoms with Gasteiger partial charge in [0.25, 0.3) is 0 Å². The number of allylic oxidation sites excluding steroid dienone is 2. The van der Waals surface area contributed by atoms with Gasteiger partial charge in [-0.05, 0) is 36.7 Å². The summed E-state index contributed by atoms with van der Waals surface area (Å²) in [4.78, 5) is 0. The molecule has 1 saturated carbocycles. The molecule has 110 valence electrons. The lowest BCUT2D eigenvalue weighted by atomic mass is 9.62. The zero-order chi connectivity index (χ0) is 14.3. The highest BCUT2D eigenvalue weighted by molar-refractivity contribution is 7.87. The summed E-state index contributed by atoms with van der Waals surface area (Å²) in [5.41, 5.74) is -5.28. The van der Waals surface area contributed by atoms with Gasteiger partial charge in [-0.25, -0.2) is 0 Å². The van der Waals surface area contributed by atoms with Gasteiger partial charge >= 0.3 is 15.6 Å². The van der Waals surface area contributed by atoms with Gasteiger partial charge in [0, 0.05) is 6.42 Å². The first-order valence-corrected chi connectivity index (χ1v) is 7.75. The van der Waals surface area contributed by atoms with E-state index in [0.29, 0.717) is 6.42 Å². The van der Waals surface area contributed by atoms with Crippen molar-refractivity contribution in [3.8, 4) is 0 Å². The van der Waals surface area contributed by atoms with Gasteiger partial charge in [0.05, 0.1) is 0 Å². The maximum atomic E-state index is 12.3. The molecule has 2 aliphatic carbocycles. The maximum Gasteiger partial charge on any atom is 0.534 e. The summed E-state index contributed by atoms with van der Waals surface area (Å²) in [6, 6.07) is 0. The standard InChI is InChI=1S/C12H17F3O3S/c1-11-6-3-2-4-9(11)8-10(5-7-11)18-19(16,17)12(13,14)15/h5,9H,2-4,6-8H2,1H3/t9-,11-/m0/s1. The average Bonchev–Trinajstić information content (AvgIpc) is 2.27. The van der Waals surface area contributed by atoms with E-state index in [1.807, 2.05) is 0 Å². The van der Waals surface area contributed by atoms with Crippen molar-refractivity contribution in [2.75, 3.05) is 0 Å². The first-order valence-electron chi connectivity index (χ1n) is 6.34. The highest BCUT2D eigenvalue weighted by Crippen LogP contribution is 2.50. The van der Waals surface area contributed by atoms with E-state index in [9.17, 15) is 21.6 Å². The van der Waals surface area contributed by atoms with Crippen molar-refractivity contribution in [3.05, 3.63) is 11.8 Å². The third-order valence-corrected chi connectivity index (χ3v) is 5.28. The van der Waals surface area contributed by atoms with E-state index < -0.39 is 15.6 Å². The van der Waals surface area contributed by atoms with Crippen molar-refractivity contribution in [1.29, 1.82) is 0 Å². The molecule has 0 aromatic rings. The van der Waals surface area contributed by atoms with E-state index in [4.69, 9.17) is 0 Å². The summed E-state index contributed by atoms with van der Waals surface area (Å²) < 4.78 is 63.0. The van der Waals surface area contributed by atoms with Gasteiger partial charge < -0.3 is 4.18 Å². The maximum absolute atomic E-state index is 12.3. The van der Waals surface area contributed by atoms with Crippen molar-refractivity contribution in [2.45, 2.75) is 51.0 Å². The van der Waals surface area contributed by atoms with Crippen molar-refractivity contribution in [3.63, 3.8) is 0 Å². The molecular weight excluding hydrogens is 281 g/mol. The van der Waals surface area contributed by atoms with Crippen molar-refractivity contribution >= 4 is 10.1 Å². The minimum atomic E-state index is -5.52. The molecule has 2 rings (SSSR count).